The van der Waals surface area contributed by atoms with Crippen LogP contribution >= 0.6 is 15.9 Å². The van der Waals surface area contributed by atoms with Crippen molar-refractivity contribution in [2.75, 3.05) is 141 Å². The molecule has 0 amide bonds. The maximum absolute atomic E-state index is 11.2. The molecule has 1 rings (SSSR count). The Morgan fingerprint density at radius 1 is 0.580 bits per heavy atom. The number of hydrogen-bond donors (Lipinski definition) is 0. The topological polar surface area (TPSA) is 340 Å². The van der Waals surface area contributed by atoms with E-state index in [1.54, 1.807) is 41.8 Å². The first-order valence-electron chi connectivity index (χ1n) is 25.6. The number of carbonyl (C=O) groups excluding carboxylic acids is 8. The summed E-state index contributed by atoms with van der Waals surface area (Å²) in [7, 11) is 15.0. The number of alkyl halides is 1. The zero-order valence-electron chi connectivity index (χ0n) is 50.1. The molecule has 0 aromatic carbocycles. The van der Waals surface area contributed by atoms with E-state index in [0.717, 1.165) is 13.1 Å². The number of carbonyl (C=O) groups is 8. The quantitative estimate of drug-likeness (QED) is 0.0316. The molecule has 0 radical (unpaired) electrons. The average molecular weight is 1210 g/mol. The zero-order valence-corrected chi connectivity index (χ0v) is 51.6. The Morgan fingerprint density at radius 2 is 0.877 bits per heavy atom. The molecule has 0 aromatic heterocycles. The molecule has 0 saturated carbocycles. The van der Waals surface area contributed by atoms with Crippen LogP contribution in [0.5, 0.6) is 0 Å². The molecule has 0 spiro atoms. The van der Waals surface area contributed by atoms with Crippen molar-refractivity contribution in [3.8, 4) is 24.3 Å². The van der Waals surface area contributed by atoms with Gasteiger partial charge in [-0.15, -0.1) is 0 Å². The summed E-state index contributed by atoms with van der Waals surface area (Å²) in [4.78, 5) is 89.3. The van der Waals surface area contributed by atoms with E-state index in [1.165, 1.54) is 6.92 Å². The van der Waals surface area contributed by atoms with E-state index < -0.39 is 47.7 Å². The van der Waals surface area contributed by atoms with Crippen molar-refractivity contribution in [1.82, 2.24) is 9.80 Å². The number of halogens is 1. The number of carboxylic acid groups (broad SMARTS) is 2. The predicted molar refractivity (Wildman–Crippen MR) is 299 cm³/mol. The van der Waals surface area contributed by atoms with Gasteiger partial charge in [0, 0.05) is 47.5 Å². The number of aliphatic carboxylic acids is 2. The fourth-order valence-corrected chi connectivity index (χ4v) is 5.26. The van der Waals surface area contributed by atoms with E-state index in [0.29, 0.717) is 91.5 Å². The van der Waals surface area contributed by atoms with Crippen LogP contribution in [-0.4, -0.2) is 207 Å². The van der Waals surface area contributed by atoms with Gasteiger partial charge >= 0.3 is 35.8 Å². The smallest absolute Gasteiger partial charge is 0.333 e. The van der Waals surface area contributed by atoms with Crippen LogP contribution in [-0.2, 0) is 66.8 Å². The highest BCUT2D eigenvalue weighted by molar-refractivity contribution is 9.09. The van der Waals surface area contributed by atoms with Gasteiger partial charge in [0.15, 0.2) is 0 Å². The van der Waals surface area contributed by atoms with Crippen molar-refractivity contribution >= 4 is 63.7 Å². The van der Waals surface area contributed by atoms with Crippen LogP contribution in [0.15, 0.2) is 48.6 Å². The number of esters is 6. The summed E-state index contributed by atoms with van der Waals surface area (Å²) in [5.74, 6) is -5.71. The van der Waals surface area contributed by atoms with Crippen molar-refractivity contribution in [3.05, 3.63) is 48.6 Å². The Labute approximate surface area is 489 Å². The van der Waals surface area contributed by atoms with Gasteiger partial charge in [-0.05, 0) is 88.7 Å². The maximum atomic E-state index is 11.2. The number of carboxylic acids is 2. The zero-order chi connectivity index (χ0) is 63.9. The molecule has 25 heteroatoms. The van der Waals surface area contributed by atoms with Crippen LogP contribution in [0.25, 0.3) is 0 Å². The minimum absolute atomic E-state index is 0.00643. The largest absolute Gasteiger partial charge is 0.550 e. The van der Waals surface area contributed by atoms with Crippen LogP contribution in [0.2, 0.25) is 0 Å². The summed E-state index contributed by atoms with van der Waals surface area (Å²) in [5, 5.41) is 56.9. The number of rotatable bonds is 31. The second-order valence-electron chi connectivity index (χ2n) is 20.2. The number of quaternary nitrogens is 2. The van der Waals surface area contributed by atoms with Gasteiger partial charge in [-0.25, -0.2) is 19.2 Å². The number of nitriles is 4. The van der Waals surface area contributed by atoms with Crippen LogP contribution in [0.1, 0.15) is 73.1 Å². The fourth-order valence-electron chi connectivity index (χ4n) is 5.10. The highest BCUT2D eigenvalue weighted by Gasteiger charge is 2.22. The number of cyclic esters (lactones) is 1. The summed E-state index contributed by atoms with van der Waals surface area (Å²) in [5.41, 5.74) is 1.30. The first-order valence-corrected chi connectivity index (χ1v) is 26.7. The van der Waals surface area contributed by atoms with Crippen LogP contribution < -0.4 is 10.2 Å². The molecule has 1 saturated heterocycles. The van der Waals surface area contributed by atoms with E-state index in [4.69, 9.17) is 40.0 Å². The number of ether oxygens (including phenoxy) is 6. The third kappa shape index (κ3) is 56.1. The first-order chi connectivity index (χ1) is 37.5. The first kappa shape index (κ1) is 82.8. The Kier molecular flexibility index (Phi) is 50.0. The molecule has 1 fully saturated rings. The summed E-state index contributed by atoms with van der Waals surface area (Å²) in [6, 6.07) is 8.37. The lowest BCUT2D eigenvalue weighted by Crippen LogP contribution is -2.49. The molecule has 456 valence electrons. The van der Waals surface area contributed by atoms with Gasteiger partial charge in [0.2, 0.25) is 0 Å². The summed E-state index contributed by atoms with van der Waals surface area (Å²) in [6.45, 7) is 26.3. The average Bonchev–Trinajstić information content (AvgIpc) is 3.37. The van der Waals surface area contributed by atoms with Gasteiger partial charge in [0.05, 0.1) is 115 Å². The molecular weight excluding hydrogens is 1120 g/mol. The molecule has 0 aromatic rings. The summed E-state index contributed by atoms with van der Waals surface area (Å²) >= 11 is 2.94. The molecule has 1 aliphatic rings. The van der Waals surface area contributed by atoms with E-state index in [1.807, 2.05) is 58.2 Å². The van der Waals surface area contributed by atoms with E-state index >= 15 is 0 Å². The molecule has 4 unspecified atom stereocenters. The van der Waals surface area contributed by atoms with Gasteiger partial charge in [-0.1, -0.05) is 42.2 Å². The number of nitrogens with zero attached hydrogens (tertiary/aromatic N) is 8. The van der Waals surface area contributed by atoms with Gasteiger partial charge in [-0.2, -0.15) is 21.0 Å². The van der Waals surface area contributed by atoms with Crippen molar-refractivity contribution < 1.29 is 86.0 Å². The highest BCUT2D eigenvalue weighted by Crippen LogP contribution is 2.12. The molecule has 1 heterocycles. The maximum Gasteiger partial charge on any atom is 0.333 e. The van der Waals surface area contributed by atoms with Crippen molar-refractivity contribution in [3.63, 3.8) is 0 Å². The predicted octanol–water partition coefficient (Wildman–Crippen LogP) is 2.59. The fraction of sp³-hybridized carbons (Fsp3) is 0.643. The molecule has 0 bridgehead atoms. The Hall–Kier alpha value is -7.00. The van der Waals surface area contributed by atoms with Crippen LogP contribution in [0, 0.1) is 69.0 Å². The molecule has 4 atom stereocenters. The molecule has 81 heavy (non-hydrogen) atoms. The van der Waals surface area contributed by atoms with Gasteiger partial charge in [0.25, 0.3) is 0 Å². The van der Waals surface area contributed by atoms with Crippen molar-refractivity contribution in [2.45, 2.75) is 73.1 Å². The SMILES string of the molecule is C=C(C)C(=O)OCC(C#N)CCN(C)C.C=C(C)C(=O)OCC(C#N)CCN(C)C.C=C(C)C(=O)OCC(C#N)CC[N+](C)(C)CC(=O)[O-].C=C(C)C(=O)OCC(C#N)CC[N+](C)(C)CCC(=O)[O-].CCOC(=O)CBr.O=C1CCO1. The Morgan fingerprint density at radius 3 is 1.07 bits per heavy atom. The number of likely N-dealkylation sites (N-methyl/N-ethyl adjacent to an activating group) is 1. The minimum Gasteiger partial charge on any atom is -0.550 e. The molecule has 0 N–H and O–H groups in total. The minimum atomic E-state index is -1.13. The monoisotopic (exact) mass is 1210 g/mol. The standard InChI is InChI=1S/C14H22N2O4.C13H20N2O4.2C11H18N2O2.C4H7BrO2.C3H4O2/c1-11(2)14(19)20-10-12(9-15)5-7-16(3,4)8-6-13(17)18;1-10(2)13(18)19-9-11(7-14)5-6-15(3,4)8-12(16)17;2*1-9(2)11(14)15-8-10(7-12)5-6-13(3)4;1-2-7-4(6)3-5;4-3-1-2-5-3/h12H,1,5-8,10H2,2-4H3;11H,1,5-6,8-9H2,2-4H3;2*10H,1,5-6,8H2,2-4H3;2-3H2,1H3;1-2H2. The normalized spacial score (nSPS) is 12.3. The van der Waals surface area contributed by atoms with Crippen molar-refractivity contribution in [2.24, 2.45) is 23.7 Å². The third-order valence-corrected chi connectivity index (χ3v) is 10.7. The van der Waals surface area contributed by atoms with Crippen molar-refractivity contribution in [1.29, 1.82) is 21.0 Å². The van der Waals surface area contributed by atoms with E-state index in [-0.39, 0.29) is 73.2 Å². The second-order valence-corrected chi connectivity index (χ2v) is 20.7. The van der Waals surface area contributed by atoms with Gasteiger partial charge in [0.1, 0.15) is 44.9 Å². The lowest BCUT2D eigenvalue weighted by molar-refractivity contribution is -0.890. The number of hydrogen-bond acceptors (Lipinski definition) is 22. The highest BCUT2D eigenvalue weighted by atomic mass is 79.9. The van der Waals surface area contributed by atoms with Gasteiger partial charge < -0.3 is 67.0 Å². The lowest BCUT2D eigenvalue weighted by Gasteiger charge is -2.30. The second kappa shape index (κ2) is 48.9. The van der Waals surface area contributed by atoms with Crippen LogP contribution in [0.3, 0.4) is 0 Å². The molecule has 0 aliphatic carbocycles. The van der Waals surface area contributed by atoms with E-state index in [9.17, 15) is 48.6 Å². The van der Waals surface area contributed by atoms with Crippen LogP contribution in [0.4, 0.5) is 0 Å². The van der Waals surface area contributed by atoms with Gasteiger partial charge in [-0.3, -0.25) is 9.59 Å². The Balaban J connectivity index is -0.000000297. The Bertz CT molecular complexity index is 2130. The lowest BCUT2D eigenvalue weighted by atomic mass is 10.1. The summed E-state index contributed by atoms with van der Waals surface area (Å²) in [6.07, 6.45) is 2.98. The van der Waals surface area contributed by atoms with E-state index in [2.05, 4.69) is 69.9 Å². The summed E-state index contributed by atoms with van der Waals surface area (Å²) < 4.78 is 29.2. The molecule has 24 nitrogen and oxygen atoms in total. The molecular formula is C56H89BrN8O16. The third-order valence-electron chi connectivity index (χ3n) is 10.3. The molecule has 1 aliphatic heterocycles.